The maximum Gasteiger partial charge on any atom is 0.263 e. The van der Waals surface area contributed by atoms with Crippen LogP contribution in [-0.2, 0) is 4.79 Å². The van der Waals surface area contributed by atoms with Crippen molar-refractivity contribution in [2.45, 2.75) is 36.4 Å². The quantitative estimate of drug-likeness (QED) is 0.767. The van der Waals surface area contributed by atoms with Crippen LogP contribution in [0.4, 0.5) is 11.4 Å². The third-order valence-corrected chi connectivity index (χ3v) is 5.01. The first-order chi connectivity index (χ1) is 10.1. The second-order valence-electron chi connectivity index (χ2n) is 5.83. The SMILES string of the molecule is O=C1N(c2ccc(N3CCCCC3)cc2)CCCC1(Cl)Cl. The Kier molecular flexibility index (Phi) is 4.32. The number of carbonyl (C=O) groups is 1. The molecule has 0 bridgehead atoms. The number of rotatable bonds is 2. The molecular weight excluding hydrogens is 307 g/mol. The van der Waals surface area contributed by atoms with Gasteiger partial charge in [-0.1, -0.05) is 23.2 Å². The minimum Gasteiger partial charge on any atom is -0.372 e. The number of anilines is 2. The summed E-state index contributed by atoms with van der Waals surface area (Å²) >= 11 is 12.2. The van der Waals surface area contributed by atoms with Crippen LogP contribution in [-0.4, -0.2) is 29.9 Å². The Morgan fingerprint density at radius 3 is 2.14 bits per heavy atom. The van der Waals surface area contributed by atoms with Crippen LogP contribution >= 0.6 is 23.2 Å². The Morgan fingerprint density at radius 2 is 1.48 bits per heavy atom. The number of benzene rings is 1. The Balaban J connectivity index is 1.76. The lowest BCUT2D eigenvalue weighted by Crippen LogP contribution is -2.47. The lowest BCUT2D eigenvalue weighted by Gasteiger charge is -2.34. The molecule has 3 nitrogen and oxygen atoms in total. The van der Waals surface area contributed by atoms with Crippen LogP contribution in [0.15, 0.2) is 24.3 Å². The van der Waals surface area contributed by atoms with Crippen LogP contribution < -0.4 is 9.80 Å². The lowest BCUT2D eigenvalue weighted by molar-refractivity contribution is -0.120. The maximum atomic E-state index is 12.3. The van der Waals surface area contributed by atoms with Crippen molar-refractivity contribution in [3.8, 4) is 0 Å². The second-order valence-corrected chi connectivity index (χ2v) is 7.31. The lowest BCUT2D eigenvalue weighted by atomic mass is 10.1. The number of hydrogen-bond acceptors (Lipinski definition) is 2. The van der Waals surface area contributed by atoms with E-state index in [2.05, 4.69) is 17.0 Å². The maximum absolute atomic E-state index is 12.3. The van der Waals surface area contributed by atoms with Crippen molar-refractivity contribution >= 4 is 40.5 Å². The first kappa shape index (κ1) is 15.0. The first-order valence-electron chi connectivity index (χ1n) is 7.63. The minimum atomic E-state index is -1.27. The van der Waals surface area contributed by atoms with Gasteiger partial charge in [-0.05, 0) is 56.4 Å². The van der Waals surface area contributed by atoms with Gasteiger partial charge in [0.1, 0.15) is 0 Å². The highest BCUT2D eigenvalue weighted by Crippen LogP contribution is 2.36. The van der Waals surface area contributed by atoms with Gasteiger partial charge < -0.3 is 9.80 Å². The van der Waals surface area contributed by atoms with Gasteiger partial charge in [-0.2, -0.15) is 0 Å². The Hall–Kier alpha value is -0.930. The van der Waals surface area contributed by atoms with Crippen LogP contribution in [0.25, 0.3) is 0 Å². The van der Waals surface area contributed by atoms with Crippen LogP contribution in [0.2, 0.25) is 0 Å². The molecule has 1 aromatic rings. The van der Waals surface area contributed by atoms with E-state index in [1.54, 1.807) is 4.90 Å². The van der Waals surface area contributed by atoms with Crippen LogP contribution in [0, 0.1) is 0 Å². The number of carbonyl (C=O) groups excluding carboxylic acids is 1. The van der Waals surface area contributed by atoms with Crippen molar-refractivity contribution in [1.82, 2.24) is 0 Å². The molecule has 0 spiro atoms. The van der Waals surface area contributed by atoms with Gasteiger partial charge in [0.05, 0.1) is 0 Å². The summed E-state index contributed by atoms with van der Waals surface area (Å²) in [7, 11) is 0. The number of halogens is 2. The summed E-state index contributed by atoms with van der Waals surface area (Å²) in [6.07, 6.45) is 5.19. The molecule has 2 heterocycles. The predicted octanol–water partition coefficient (Wildman–Crippen LogP) is 3.98. The van der Waals surface area contributed by atoms with Crippen molar-refractivity contribution in [2.24, 2.45) is 0 Å². The molecule has 114 valence electrons. The molecule has 21 heavy (non-hydrogen) atoms. The standard InChI is InChI=1S/C16H20Cl2N2O/c17-16(18)9-4-12-20(15(16)21)14-7-5-13(6-8-14)19-10-2-1-3-11-19/h5-8H,1-4,9-12H2. The third-order valence-electron chi connectivity index (χ3n) is 4.31. The molecule has 0 atom stereocenters. The van der Waals surface area contributed by atoms with Gasteiger partial charge in [0.2, 0.25) is 0 Å². The summed E-state index contributed by atoms with van der Waals surface area (Å²) in [6, 6.07) is 8.17. The van der Waals surface area contributed by atoms with E-state index in [9.17, 15) is 4.79 Å². The number of nitrogens with zero attached hydrogens (tertiary/aromatic N) is 2. The van der Waals surface area contributed by atoms with Gasteiger partial charge in [0, 0.05) is 31.0 Å². The fraction of sp³-hybridized carbons (Fsp3) is 0.562. The highest BCUT2D eigenvalue weighted by molar-refractivity contribution is 6.59. The molecule has 0 saturated carbocycles. The van der Waals surface area contributed by atoms with E-state index in [-0.39, 0.29) is 5.91 Å². The summed E-state index contributed by atoms with van der Waals surface area (Å²) < 4.78 is -1.27. The topological polar surface area (TPSA) is 23.6 Å². The molecule has 0 radical (unpaired) electrons. The monoisotopic (exact) mass is 326 g/mol. The van der Waals surface area contributed by atoms with E-state index >= 15 is 0 Å². The Labute approximate surface area is 135 Å². The molecule has 0 aromatic heterocycles. The smallest absolute Gasteiger partial charge is 0.263 e. The zero-order valence-corrected chi connectivity index (χ0v) is 13.5. The van der Waals surface area contributed by atoms with Gasteiger partial charge in [-0.3, -0.25) is 4.79 Å². The summed E-state index contributed by atoms with van der Waals surface area (Å²) in [6.45, 7) is 2.92. The minimum absolute atomic E-state index is 0.206. The van der Waals surface area contributed by atoms with E-state index in [1.165, 1.54) is 24.9 Å². The van der Waals surface area contributed by atoms with Gasteiger partial charge in [-0.15, -0.1) is 0 Å². The van der Waals surface area contributed by atoms with E-state index in [1.807, 2.05) is 12.1 Å². The van der Waals surface area contributed by atoms with Crippen molar-refractivity contribution in [3.05, 3.63) is 24.3 Å². The molecule has 2 aliphatic heterocycles. The van der Waals surface area contributed by atoms with Crippen molar-refractivity contribution in [3.63, 3.8) is 0 Å². The van der Waals surface area contributed by atoms with E-state index in [4.69, 9.17) is 23.2 Å². The molecule has 1 amide bonds. The number of alkyl halides is 2. The van der Waals surface area contributed by atoms with Gasteiger partial charge in [-0.25, -0.2) is 0 Å². The summed E-state index contributed by atoms with van der Waals surface area (Å²) in [5.74, 6) is -0.206. The molecule has 0 unspecified atom stereocenters. The number of amides is 1. The molecule has 3 rings (SSSR count). The molecular formula is C16H20Cl2N2O. The highest BCUT2D eigenvalue weighted by Gasteiger charge is 2.41. The van der Waals surface area contributed by atoms with Gasteiger partial charge >= 0.3 is 0 Å². The molecule has 0 N–H and O–H groups in total. The van der Waals surface area contributed by atoms with E-state index in [0.717, 1.165) is 25.2 Å². The fourth-order valence-electron chi connectivity index (χ4n) is 3.11. The number of hydrogen-bond donors (Lipinski definition) is 0. The number of piperidine rings is 2. The molecule has 0 aliphatic carbocycles. The van der Waals surface area contributed by atoms with Crippen LogP contribution in [0.3, 0.4) is 0 Å². The Morgan fingerprint density at radius 1 is 0.857 bits per heavy atom. The first-order valence-corrected chi connectivity index (χ1v) is 8.38. The zero-order chi connectivity index (χ0) is 14.9. The highest BCUT2D eigenvalue weighted by atomic mass is 35.5. The second kappa shape index (κ2) is 6.05. The average Bonchev–Trinajstić information content (AvgIpc) is 2.51. The van der Waals surface area contributed by atoms with Crippen LogP contribution in [0.1, 0.15) is 32.1 Å². The average molecular weight is 327 g/mol. The Bertz CT molecular complexity index is 510. The molecule has 1 aromatic carbocycles. The van der Waals surface area contributed by atoms with Crippen molar-refractivity contribution in [1.29, 1.82) is 0 Å². The predicted molar refractivity (Wildman–Crippen MR) is 88.5 cm³/mol. The van der Waals surface area contributed by atoms with Crippen molar-refractivity contribution < 1.29 is 4.79 Å². The fourth-order valence-corrected chi connectivity index (χ4v) is 3.58. The molecule has 2 aliphatic rings. The summed E-state index contributed by atoms with van der Waals surface area (Å²) in [5, 5.41) is 0. The zero-order valence-electron chi connectivity index (χ0n) is 12.0. The largest absolute Gasteiger partial charge is 0.372 e. The molecule has 2 saturated heterocycles. The molecule has 2 fully saturated rings. The van der Waals surface area contributed by atoms with E-state index in [0.29, 0.717) is 13.0 Å². The van der Waals surface area contributed by atoms with Crippen molar-refractivity contribution in [2.75, 3.05) is 29.4 Å². The normalized spacial score (nSPS) is 22.5. The third kappa shape index (κ3) is 3.14. The summed E-state index contributed by atoms with van der Waals surface area (Å²) in [4.78, 5) is 16.4. The molecule has 5 heteroatoms. The van der Waals surface area contributed by atoms with Crippen LogP contribution in [0.5, 0.6) is 0 Å². The van der Waals surface area contributed by atoms with E-state index < -0.39 is 4.33 Å². The summed E-state index contributed by atoms with van der Waals surface area (Å²) in [5.41, 5.74) is 2.11. The van der Waals surface area contributed by atoms with Gasteiger partial charge in [0.15, 0.2) is 4.33 Å². The van der Waals surface area contributed by atoms with Gasteiger partial charge in [0.25, 0.3) is 5.91 Å².